The number of anilines is 1. The molecule has 0 aliphatic rings. The van der Waals surface area contributed by atoms with Crippen LogP contribution in [-0.4, -0.2) is 5.84 Å². The third-order valence-electron chi connectivity index (χ3n) is 2.77. The van der Waals surface area contributed by atoms with Crippen LogP contribution in [0.25, 0.3) is 0 Å². The maximum atomic E-state index is 7.64. The number of para-hydroxylation sites is 1. The molecule has 3 heteroatoms. The Kier molecular flexibility index (Phi) is 4.34. The molecule has 0 saturated carbocycles. The predicted octanol–water partition coefficient (Wildman–Crippen LogP) is 3.16. The first-order valence-electron chi connectivity index (χ1n) is 6.14. The van der Waals surface area contributed by atoms with Gasteiger partial charge in [-0.1, -0.05) is 48.5 Å². The van der Waals surface area contributed by atoms with Crippen LogP contribution in [0.15, 0.2) is 72.4 Å². The van der Waals surface area contributed by atoms with Gasteiger partial charge in [0.25, 0.3) is 0 Å². The molecule has 2 aromatic rings. The van der Waals surface area contributed by atoms with Crippen molar-refractivity contribution in [3.63, 3.8) is 0 Å². The van der Waals surface area contributed by atoms with Crippen LogP contribution in [0, 0.1) is 5.41 Å². The lowest BCUT2D eigenvalue weighted by Crippen LogP contribution is -2.16. The van der Waals surface area contributed by atoms with Gasteiger partial charge in [0.2, 0.25) is 0 Å². The molecule has 0 heterocycles. The van der Waals surface area contributed by atoms with Gasteiger partial charge in [0.05, 0.1) is 0 Å². The number of nitrogens with one attached hydrogen (secondary N) is 2. The third kappa shape index (κ3) is 4.00. The van der Waals surface area contributed by atoms with Gasteiger partial charge in [0.15, 0.2) is 0 Å². The molecule has 0 aliphatic carbocycles. The van der Waals surface area contributed by atoms with Crippen LogP contribution in [0.2, 0.25) is 0 Å². The van der Waals surface area contributed by atoms with Crippen molar-refractivity contribution in [2.24, 2.45) is 5.73 Å². The number of amidine groups is 1. The Morgan fingerprint density at radius 2 is 1.58 bits per heavy atom. The van der Waals surface area contributed by atoms with E-state index in [2.05, 4.69) is 5.32 Å². The van der Waals surface area contributed by atoms with E-state index in [1.807, 2.05) is 60.7 Å². The number of nitrogens with two attached hydrogens (primary N) is 1. The van der Waals surface area contributed by atoms with Crippen molar-refractivity contribution in [1.82, 2.24) is 0 Å². The summed E-state index contributed by atoms with van der Waals surface area (Å²) in [5.74, 6) is 0.0901. The Bertz CT molecular complexity index is 559. The van der Waals surface area contributed by atoms with Crippen molar-refractivity contribution in [2.75, 3.05) is 5.32 Å². The van der Waals surface area contributed by atoms with Crippen molar-refractivity contribution >= 4 is 11.5 Å². The number of rotatable bonds is 5. The fourth-order valence-corrected chi connectivity index (χ4v) is 1.74. The lowest BCUT2D eigenvalue weighted by atomic mass is 10.1. The van der Waals surface area contributed by atoms with Crippen molar-refractivity contribution in [2.45, 2.75) is 6.42 Å². The minimum Gasteiger partial charge on any atom is -0.384 e. The SMILES string of the molecule is N=C(N)/C(=C\Nc1ccccc1)Cc1ccccc1. The molecule has 4 N–H and O–H groups in total. The van der Waals surface area contributed by atoms with Crippen LogP contribution in [0.4, 0.5) is 5.69 Å². The zero-order valence-electron chi connectivity index (χ0n) is 10.6. The molecule has 0 fully saturated rings. The molecule has 3 nitrogen and oxygen atoms in total. The van der Waals surface area contributed by atoms with Gasteiger partial charge < -0.3 is 11.1 Å². The summed E-state index contributed by atoms with van der Waals surface area (Å²) in [4.78, 5) is 0. The Morgan fingerprint density at radius 3 is 2.16 bits per heavy atom. The van der Waals surface area contributed by atoms with Gasteiger partial charge in [-0.25, -0.2) is 0 Å². The molecular formula is C16H17N3. The van der Waals surface area contributed by atoms with Gasteiger partial charge in [-0.2, -0.15) is 0 Å². The van der Waals surface area contributed by atoms with Crippen LogP contribution in [0.5, 0.6) is 0 Å². The zero-order valence-corrected chi connectivity index (χ0v) is 10.6. The summed E-state index contributed by atoms with van der Waals surface area (Å²) < 4.78 is 0. The first-order chi connectivity index (χ1) is 9.25. The summed E-state index contributed by atoms with van der Waals surface area (Å²) >= 11 is 0. The fraction of sp³-hybridized carbons (Fsp3) is 0.0625. The highest BCUT2D eigenvalue weighted by atomic mass is 14.8. The van der Waals surface area contributed by atoms with Crippen LogP contribution in [-0.2, 0) is 6.42 Å². The van der Waals surface area contributed by atoms with Crippen molar-refractivity contribution in [3.05, 3.63) is 78.0 Å². The Balaban J connectivity index is 2.10. The lowest BCUT2D eigenvalue weighted by molar-refractivity contribution is 1.19. The van der Waals surface area contributed by atoms with E-state index in [1.165, 1.54) is 0 Å². The monoisotopic (exact) mass is 251 g/mol. The first-order valence-corrected chi connectivity index (χ1v) is 6.14. The highest BCUT2D eigenvalue weighted by Gasteiger charge is 2.02. The standard InChI is InChI=1S/C16H17N3/c17-16(18)14(11-13-7-3-1-4-8-13)12-19-15-9-5-2-6-10-15/h1-10,12,19H,11H2,(H3,17,18)/b14-12-. The largest absolute Gasteiger partial charge is 0.384 e. The molecule has 0 aromatic heterocycles. The van der Waals surface area contributed by atoms with Crippen LogP contribution in [0.1, 0.15) is 5.56 Å². The number of hydrogen-bond acceptors (Lipinski definition) is 2. The molecule has 19 heavy (non-hydrogen) atoms. The summed E-state index contributed by atoms with van der Waals surface area (Å²) in [6.07, 6.45) is 2.45. The molecule has 0 saturated heterocycles. The third-order valence-corrected chi connectivity index (χ3v) is 2.77. The number of hydrogen-bond donors (Lipinski definition) is 3. The highest BCUT2D eigenvalue weighted by molar-refractivity contribution is 5.95. The molecule has 96 valence electrons. The van der Waals surface area contributed by atoms with Gasteiger partial charge in [-0.05, 0) is 17.7 Å². The second kappa shape index (κ2) is 6.40. The van der Waals surface area contributed by atoms with E-state index in [9.17, 15) is 0 Å². The van der Waals surface area contributed by atoms with Gasteiger partial charge >= 0.3 is 0 Å². The minimum atomic E-state index is 0.0901. The molecule has 0 unspecified atom stereocenters. The van der Waals surface area contributed by atoms with Gasteiger partial charge in [0, 0.05) is 23.9 Å². The maximum Gasteiger partial charge on any atom is 0.120 e. The molecule has 0 spiro atoms. The Labute approximate surface area is 113 Å². The Hall–Kier alpha value is -2.55. The minimum absolute atomic E-state index is 0.0901. The van der Waals surface area contributed by atoms with E-state index in [0.717, 1.165) is 16.8 Å². The van der Waals surface area contributed by atoms with E-state index in [0.29, 0.717) is 6.42 Å². The van der Waals surface area contributed by atoms with E-state index < -0.39 is 0 Å². The molecule has 2 aromatic carbocycles. The smallest absolute Gasteiger partial charge is 0.120 e. The average molecular weight is 251 g/mol. The summed E-state index contributed by atoms with van der Waals surface area (Å²) in [5, 5.41) is 10.8. The van der Waals surface area contributed by atoms with Crippen molar-refractivity contribution in [1.29, 1.82) is 5.41 Å². The van der Waals surface area contributed by atoms with Crippen LogP contribution < -0.4 is 11.1 Å². The highest BCUT2D eigenvalue weighted by Crippen LogP contribution is 2.10. The molecule has 2 rings (SSSR count). The zero-order chi connectivity index (χ0) is 13.5. The van der Waals surface area contributed by atoms with E-state index in [1.54, 1.807) is 6.20 Å². The quantitative estimate of drug-likeness (QED) is 0.564. The van der Waals surface area contributed by atoms with Crippen LogP contribution in [0.3, 0.4) is 0 Å². The summed E-state index contributed by atoms with van der Waals surface area (Å²) in [7, 11) is 0. The van der Waals surface area contributed by atoms with Crippen LogP contribution >= 0.6 is 0 Å². The second-order valence-electron chi connectivity index (χ2n) is 4.26. The molecule has 0 atom stereocenters. The molecular weight excluding hydrogens is 234 g/mol. The summed E-state index contributed by atoms with van der Waals surface area (Å²) in [6.45, 7) is 0. The fourth-order valence-electron chi connectivity index (χ4n) is 1.74. The van der Waals surface area contributed by atoms with E-state index >= 15 is 0 Å². The summed E-state index contributed by atoms with van der Waals surface area (Å²) in [6, 6.07) is 19.8. The normalized spacial score (nSPS) is 11.1. The summed E-state index contributed by atoms with van der Waals surface area (Å²) in [5.41, 5.74) is 8.52. The molecule has 0 aliphatic heterocycles. The van der Waals surface area contributed by atoms with Crippen molar-refractivity contribution < 1.29 is 0 Å². The lowest BCUT2D eigenvalue weighted by Gasteiger charge is -2.07. The topological polar surface area (TPSA) is 61.9 Å². The van der Waals surface area contributed by atoms with Gasteiger partial charge in [0.1, 0.15) is 5.84 Å². The van der Waals surface area contributed by atoms with Crippen molar-refractivity contribution in [3.8, 4) is 0 Å². The second-order valence-corrected chi connectivity index (χ2v) is 4.26. The van der Waals surface area contributed by atoms with E-state index in [4.69, 9.17) is 11.1 Å². The first kappa shape index (κ1) is 12.9. The number of benzene rings is 2. The predicted molar refractivity (Wildman–Crippen MR) is 80.2 cm³/mol. The maximum absolute atomic E-state index is 7.64. The van der Waals surface area contributed by atoms with Gasteiger partial charge in [-0.15, -0.1) is 0 Å². The van der Waals surface area contributed by atoms with E-state index in [-0.39, 0.29) is 5.84 Å². The molecule has 0 radical (unpaired) electrons. The molecule has 0 bridgehead atoms. The molecule has 0 amide bonds. The van der Waals surface area contributed by atoms with Gasteiger partial charge in [-0.3, -0.25) is 5.41 Å². The average Bonchev–Trinajstić information content (AvgIpc) is 2.45. The Morgan fingerprint density at radius 1 is 1.00 bits per heavy atom.